The average Bonchev–Trinajstić information content (AvgIpc) is 2.71. The summed E-state index contributed by atoms with van der Waals surface area (Å²) >= 11 is 3.36. The standard InChI is InChI=1S/C13H14BrN3O2/c1-8-10(14)7-17(16-8)9(2)13(19)15-11-5-3-4-6-12(11)18/h3-7,9,18H,1-2H3,(H,15,19). The molecule has 0 radical (unpaired) electrons. The number of aryl methyl sites for hydroxylation is 1. The number of nitrogens with one attached hydrogen (secondary N) is 1. The van der Waals surface area contributed by atoms with Gasteiger partial charge in [-0.05, 0) is 41.9 Å². The SMILES string of the molecule is Cc1nn(C(C)C(=O)Nc2ccccc2O)cc1Br. The summed E-state index contributed by atoms with van der Waals surface area (Å²) in [5, 5.41) is 16.5. The van der Waals surface area contributed by atoms with Crippen LogP contribution in [-0.4, -0.2) is 20.8 Å². The van der Waals surface area contributed by atoms with Crippen LogP contribution in [-0.2, 0) is 4.79 Å². The average molecular weight is 324 g/mol. The first-order chi connectivity index (χ1) is 8.99. The lowest BCUT2D eigenvalue weighted by Crippen LogP contribution is -2.24. The van der Waals surface area contributed by atoms with Crippen LogP contribution in [0.2, 0.25) is 0 Å². The Morgan fingerprint density at radius 3 is 2.74 bits per heavy atom. The number of amides is 1. The molecule has 1 unspecified atom stereocenters. The van der Waals surface area contributed by atoms with Gasteiger partial charge < -0.3 is 10.4 Å². The molecule has 1 aromatic carbocycles. The molecular formula is C13H14BrN3O2. The van der Waals surface area contributed by atoms with Crippen molar-refractivity contribution in [1.29, 1.82) is 0 Å². The van der Waals surface area contributed by atoms with Crippen LogP contribution in [0.5, 0.6) is 5.75 Å². The van der Waals surface area contributed by atoms with Gasteiger partial charge in [-0.1, -0.05) is 12.1 Å². The van der Waals surface area contributed by atoms with Gasteiger partial charge >= 0.3 is 0 Å². The maximum absolute atomic E-state index is 12.1. The van der Waals surface area contributed by atoms with Gasteiger partial charge in [0.1, 0.15) is 11.8 Å². The number of phenols is 1. The van der Waals surface area contributed by atoms with E-state index in [1.54, 1.807) is 36.0 Å². The summed E-state index contributed by atoms with van der Waals surface area (Å²) in [5.41, 5.74) is 1.21. The molecule has 6 heteroatoms. The summed E-state index contributed by atoms with van der Waals surface area (Å²) in [6.07, 6.45) is 1.75. The van der Waals surface area contributed by atoms with Crippen LogP contribution >= 0.6 is 15.9 Å². The molecule has 2 N–H and O–H groups in total. The highest BCUT2D eigenvalue weighted by molar-refractivity contribution is 9.10. The van der Waals surface area contributed by atoms with Gasteiger partial charge in [0.05, 0.1) is 15.9 Å². The first-order valence-corrected chi connectivity index (χ1v) is 6.58. The normalized spacial score (nSPS) is 12.2. The number of nitrogens with zero attached hydrogens (tertiary/aromatic N) is 2. The third-order valence-electron chi connectivity index (χ3n) is 2.79. The van der Waals surface area contributed by atoms with Crippen molar-refractivity contribution in [3.63, 3.8) is 0 Å². The lowest BCUT2D eigenvalue weighted by Gasteiger charge is -2.13. The Kier molecular flexibility index (Phi) is 3.90. The lowest BCUT2D eigenvalue weighted by molar-refractivity contribution is -0.119. The summed E-state index contributed by atoms with van der Waals surface area (Å²) < 4.78 is 2.43. The number of carbonyl (C=O) groups excluding carboxylic acids is 1. The molecule has 1 aromatic heterocycles. The van der Waals surface area contributed by atoms with Crippen molar-refractivity contribution in [2.75, 3.05) is 5.32 Å². The van der Waals surface area contributed by atoms with Gasteiger partial charge in [-0.2, -0.15) is 5.10 Å². The molecular weight excluding hydrogens is 310 g/mol. The van der Waals surface area contributed by atoms with E-state index in [-0.39, 0.29) is 11.7 Å². The fraction of sp³-hybridized carbons (Fsp3) is 0.231. The molecule has 100 valence electrons. The molecule has 1 heterocycles. The third kappa shape index (κ3) is 2.96. The second kappa shape index (κ2) is 5.44. The van der Waals surface area contributed by atoms with Crippen LogP contribution < -0.4 is 5.32 Å². The Labute approximate surface area is 119 Å². The minimum absolute atomic E-state index is 0.0425. The third-order valence-corrected chi connectivity index (χ3v) is 3.57. The van der Waals surface area contributed by atoms with Gasteiger partial charge in [-0.3, -0.25) is 9.48 Å². The zero-order chi connectivity index (χ0) is 14.0. The van der Waals surface area contributed by atoms with Crippen molar-refractivity contribution in [1.82, 2.24) is 9.78 Å². The molecule has 0 aliphatic rings. The van der Waals surface area contributed by atoms with Crippen molar-refractivity contribution in [2.24, 2.45) is 0 Å². The molecule has 0 spiro atoms. The fourth-order valence-electron chi connectivity index (χ4n) is 1.59. The van der Waals surface area contributed by atoms with E-state index in [1.807, 2.05) is 6.92 Å². The summed E-state index contributed by atoms with van der Waals surface area (Å²) in [7, 11) is 0. The predicted octanol–water partition coefficient (Wildman–Crippen LogP) is 2.86. The number of phenolic OH excluding ortho intramolecular Hbond substituents is 1. The van der Waals surface area contributed by atoms with E-state index in [0.717, 1.165) is 10.2 Å². The summed E-state index contributed by atoms with van der Waals surface area (Å²) in [6.45, 7) is 3.60. The van der Waals surface area contributed by atoms with E-state index in [9.17, 15) is 9.90 Å². The zero-order valence-electron chi connectivity index (χ0n) is 10.6. The quantitative estimate of drug-likeness (QED) is 0.853. The van der Waals surface area contributed by atoms with Gasteiger partial charge in [0.2, 0.25) is 5.91 Å². The first kappa shape index (κ1) is 13.6. The lowest BCUT2D eigenvalue weighted by atomic mass is 10.2. The monoisotopic (exact) mass is 323 g/mol. The molecule has 0 fully saturated rings. The molecule has 0 saturated carbocycles. The highest BCUT2D eigenvalue weighted by Gasteiger charge is 2.18. The fourth-order valence-corrected chi connectivity index (χ4v) is 1.88. The number of hydrogen-bond acceptors (Lipinski definition) is 3. The number of benzene rings is 1. The molecule has 0 aliphatic carbocycles. The van der Waals surface area contributed by atoms with Crippen molar-refractivity contribution in [3.05, 3.63) is 40.6 Å². The number of anilines is 1. The minimum atomic E-state index is -0.468. The van der Waals surface area contributed by atoms with Crippen LogP contribution in [0.15, 0.2) is 34.9 Å². The maximum atomic E-state index is 12.1. The summed E-state index contributed by atoms with van der Waals surface area (Å²) in [5.74, 6) is -0.197. The van der Waals surface area contributed by atoms with E-state index in [0.29, 0.717) is 5.69 Å². The Balaban J connectivity index is 2.14. The molecule has 0 saturated heterocycles. The minimum Gasteiger partial charge on any atom is -0.506 e. The molecule has 1 amide bonds. The van der Waals surface area contributed by atoms with Gasteiger partial charge in [0.15, 0.2) is 0 Å². The van der Waals surface area contributed by atoms with Gasteiger partial charge in [0.25, 0.3) is 0 Å². The molecule has 5 nitrogen and oxygen atoms in total. The van der Waals surface area contributed by atoms with Crippen LogP contribution in [0, 0.1) is 6.92 Å². The van der Waals surface area contributed by atoms with E-state index < -0.39 is 6.04 Å². The van der Waals surface area contributed by atoms with Crippen LogP contribution in [0.25, 0.3) is 0 Å². The zero-order valence-corrected chi connectivity index (χ0v) is 12.2. The molecule has 2 aromatic rings. The molecule has 1 atom stereocenters. The highest BCUT2D eigenvalue weighted by atomic mass is 79.9. The number of carbonyl (C=O) groups is 1. The highest BCUT2D eigenvalue weighted by Crippen LogP contribution is 2.23. The van der Waals surface area contributed by atoms with E-state index in [1.165, 1.54) is 6.07 Å². The number of hydrogen-bond donors (Lipinski definition) is 2. The molecule has 0 bridgehead atoms. The largest absolute Gasteiger partial charge is 0.506 e. The van der Waals surface area contributed by atoms with Gasteiger partial charge in [-0.15, -0.1) is 0 Å². The first-order valence-electron chi connectivity index (χ1n) is 5.79. The van der Waals surface area contributed by atoms with E-state index in [4.69, 9.17) is 0 Å². The smallest absolute Gasteiger partial charge is 0.249 e. The summed E-state index contributed by atoms with van der Waals surface area (Å²) in [4.78, 5) is 12.1. The Morgan fingerprint density at radius 2 is 2.16 bits per heavy atom. The Bertz CT molecular complexity index is 590. The van der Waals surface area contributed by atoms with Crippen molar-refractivity contribution in [3.8, 4) is 5.75 Å². The van der Waals surface area contributed by atoms with Crippen molar-refractivity contribution < 1.29 is 9.90 Å². The van der Waals surface area contributed by atoms with Gasteiger partial charge in [0, 0.05) is 6.20 Å². The van der Waals surface area contributed by atoms with Gasteiger partial charge in [-0.25, -0.2) is 0 Å². The van der Waals surface area contributed by atoms with E-state index in [2.05, 4.69) is 26.3 Å². The Morgan fingerprint density at radius 1 is 1.47 bits per heavy atom. The topological polar surface area (TPSA) is 67.2 Å². The van der Waals surface area contributed by atoms with Crippen molar-refractivity contribution >= 4 is 27.5 Å². The Hall–Kier alpha value is -1.82. The number of aromatic hydroxyl groups is 1. The number of aromatic nitrogens is 2. The number of para-hydroxylation sites is 2. The van der Waals surface area contributed by atoms with E-state index >= 15 is 0 Å². The number of rotatable bonds is 3. The second-order valence-corrected chi connectivity index (χ2v) is 5.08. The van der Waals surface area contributed by atoms with Crippen LogP contribution in [0.3, 0.4) is 0 Å². The van der Waals surface area contributed by atoms with Crippen LogP contribution in [0.4, 0.5) is 5.69 Å². The molecule has 2 rings (SSSR count). The molecule has 19 heavy (non-hydrogen) atoms. The molecule has 0 aliphatic heterocycles. The van der Waals surface area contributed by atoms with Crippen LogP contribution in [0.1, 0.15) is 18.7 Å². The summed E-state index contributed by atoms with van der Waals surface area (Å²) in [6, 6.07) is 6.14. The second-order valence-electron chi connectivity index (χ2n) is 4.22. The predicted molar refractivity (Wildman–Crippen MR) is 76.1 cm³/mol. The maximum Gasteiger partial charge on any atom is 0.249 e. The number of halogens is 1. The van der Waals surface area contributed by atoms with Crippen molar-refractivity contribution in [2.45, 2.75) is 19.9 Å².